The second kappa shape index (κ2) is 4.12. The molecular weight excluding hydrogens is 192 g/mol. The van der Waals surface area contributed by atoms with Crippen LogP contribution in [0.1, 0.15) is 53.9 Å². The Labute approximate surface area is 92.1 Å². The summed E-state index contributed by atoms with van der Waals surface area (Å²) < 4.78 is 11.1. The smallest absolute Gasteiger partial charge is 0.338 e. The van der Waals surface area contributed by atoms with Crippen molar-refractivity contribution < 1.29 is 14.3 Å². The fourth-order valence-electron chi connectivity index (χ4n) is 1.82. The van der Waals surface area contributed by atoms with E-state index in [9.17, 15) is 4.79 Å². The van der Waals surface area contributed by atoms with Gasteiger partial charge in [0.2, 0.25) is 0 Å². The van der Waals surface area contributed by atoms with Crippen molar-refractivity contribution in [2.75, 3.05) is 0 Å². The van der Waals surface area contributed by atoms with Crippen LogP contribution in [0.25, 0.3) is 0 Å². The van der Waals surface area contributed by atoms with E-state index in [4.69, 9.17) is 9.47 Å². The fraction of sp³-hybridized carbons (Fsp3) is 0.917. The Morgan fingerprint density at radius 3 is 2.53 bits per heavy atom. The summed E-state index contributed by atoms with van der Waals surface area (Å²) in [4.78, 5) is 11.9. The molecule has 1 aliphatic rings. The lowest BCUT2D eigenvalue weighted by Gasteiger charge is -2.37. The SMILES string of the molecule is C[C@@H]1CCC[C@@](C)(C(=O)OC(C)(C)C)O1. The molecule has 0 unspecified atom stereocenters. The number of carbonyl (C=O) groups excluding carboxylic acids is 1. The van der Waals surface area contributed by atoms with Gasteiger partial charge < -0.3 is 9.47 Å². The van der Waals surface area contributed by atoms with Crippen LogP contribution < -0.4 is 0 Å². The molecule has 3 heteroatoms. The number of hydrogen-bond acceptors (Lipinski definition) is 3. The van der Waals surface area contributed by atoms with Gasteiger partial charge in [-0.3, -0.25) is 0 Å². The van der Waals surface area contributed by atoms with Crippen molar-refractivity contribution in [3.8, 4) is 0 Å². The maximum atomic E-state index is 11.9. The van der Waals surface area contributed by atoms with E-state index >= 15 is 0 Å². The van der Waals surface area contributed by atoms with Gasteiger partial charge in [-0.15, -0.1) is 0 Å². The minimum atomic E-state index is -0.745. The minimum Gasteiger partial charge on any atom is -0.458 e. The molecule has 0 aromatic heterocycles. The van der Waals surface area contributed by atoms with Crippen LogP contribution in [-0.2, 0) is 14.3 Å². The second-order valence-corrected chi connectivity index (χ2v) is 5.55. The molecule has 88 valence electrons. The van der Waals surface area contributed by atoms with Gasteiger partial charge in [-0.1, -0.05) is 0 Å². The largest absolute Gasteiger partial charge is 0.458 e. The first-order chi connectivity index (χ1) is 6.73. The highest BCUT2D eigenvalue weighted by Gasteiger charge is 2.41. The summed E-state index contributed by atoms with van der Waals surface area (Å²) in [5, 5.41) is 0. The van der Waals surface area contributed by atoms with Gasteiger partial charge in [0.15, 0.2) is 5.60 Å². The summed E-state index contributed by atoms with van der Waals surface area (Å²) in [5.74, 6) is -0.235. The molecule has 0 aromatic rings. The Kier molecular flexibility index (Phi) is 3.44. The summed E-state index contributed by atoms with van der Waals surface area (Å²) in [6.07, 6.45) is 2.96. The van der Waals surface area contributed by atoms with Crippen LogP contribution >= 0.6 is 0 Å². The van der Waals surface area contributed by atoms with Crippen molar-refractivity contribution in [1.29, 1.82) is 0 Å². The van der Waals surface area contributed by atoms with Gasteiger partial charge in [-0.05, 0) is 53.9 Å². The van der Waals surface area contributed by atoms with Crippen molar-refractivity contribution >= 4 is 5.97 Å². The Bertz CT molecular complexity index is 242. The lowest BCUT2D eigenvalue weighted by Crippen LogP contribution is -2.47. The van der Waals surface area contributed by atoms with E-state index in [1.807, 2.05) is 34.6 Å². The van der Waals surface area contributed by atoms with E-state index in [0.717, 1.165) is 19.3 Å². The molecule has 2 atom stereocenters. The monoisotopic (exact) mass is 214 g/mol. The van der Waals surface area contributed by atoms with Crippen molar-refractivity contribution in [1.82, 2.24) is 0 Å². The molecular formula is C12H22O3. The van der Waals surface area contributed by atoms with Gasteiger partial charge in [0.1, 0.15) is 5.60 Å². The summed E-state index contributed by atoms with van der Waals surface area (Å²) in [6, 6.07) is 0. The highest BCUT2D eigenvalue weighted by Crippen LogP contribution is 2.30. The van der Waals surface area contributed by atoms with Crippen molar-refractivity contribution in [2.45, 2.75) is 71.2 Å². The van der Waals surface area contributed by atoms with E-state index < -0.39 is 11.2 Å². The standard InChI is InChI=1S/C12H22O3/c1-9-7-6-8-12(5,14-9)10(13)15-11(2,3)4/h9H,6-8H2,1-5H3/t9-,12+/m1/s1. The highest BCUT2D eigenvalue weighted by atomic mass is 16.6. The van der Waals surface area contributed by atoms with E-state index in [1.54, 1.807) is 0 Å². The van der Waals surface area contributed by atoms with Crippen molar-refractivity contribution in [2.24, 2.45) is 0 Å². The summed E-state index contributed by atoms with van der Waals surface area (Å²) in [5.41, 5.74) is -1.19. The summed E-state index contributed by atoms with van der Waals surface area (Å²) >= 11 is 0. The molecule has 0 amide bonds. The average molecular weight is 214 g/mol. The molecule has 0 aliphatic carbocycles. The first-order valence-corrected chi connectivity index (χ1v) is 5.64. The van der Waals surface area contributed by atoms with Gasteiger partial charge in [-0.25, -0.2) is 4.79 Å². The van der Waals surface area contributed by atoms with Crippen LogP contribution in [0.3, 0.4) is 0 Å². The van der Waals surface area contributed by atoms with Crippen LogP contribution in [0.15, 0.2) is 0 Å². The molecule has 15 heavy (non-hydrogen) atoms. The first-order valence-electron chi connectivity index (χ1n) is 5.64. The summed E-state index contributed by atoms with van der Waals surface area (Å²) in [6.45, 7) is 9.46. The lowest BCUT2D eigenvalue weighted by molar-refractivity contribution is -0.194. The molecule has 0 spiro atoms. The molecule has 0 bridgehead atoms. The zero-order valence-electron chi connectivity index (χ0n) is 10.4. The number of ether oxygens (including phenoxy) is 2. The van der Waals surface area contributed by atoms with Gasteiger partial charge in [-0.2, -0.15) is 0 Å². The number of carbonyl (C=O) groups is 1. The average Bonchev–Trinajstić information content (AvgIpc) is 2.00. The Balaban J connectivity index is 2.64. The minimum absolute atomic E-state index is 0.149. The maximum absolute atomic E-state index is 11.9. The Morgan fingerprint density at radius 1 is 1.47 bits per heavy atom. The highest BCUT2D eigenvalue weighted by molar-refractivity contribution is 5.79. The zero-order chi connectivity index (χ0) is 11.7. The molecule has 0 N–H and O–H groups in total. The van der Waals surface area contributed by atoms with E-state index in [1.165, 1.54) is 0 Å². The molecule has 0 saturated carbocycles. The maximum Gasteiger partial charge on any atom is 0.338 e. The van der Waals surface area contributed by atoms with Gasteiger partial charge in [0.25, 0.3) is 0 Å². The van der Waals surface area contributed by atoms with Crippen LogP contribution in [0.2, 0.25) is 0 Å². The Morgan fingerprint density at radius 2 is 2.07 bits per heavy atom. The molecule has 0 aromatic carbocycles. The molecule has 1 heterocycles. The van der Waals surface area contributed by atoms with Crippen molar-refractivity contribution in [3.05, 3.63) is 0 Å². The van der Waals surface area contributed by atoms with Crippen molar-refractivity contribution in [3.63, 3.8) is 0 Å². The molecule has 1 rings (SSSR count). The normalized spacial score (nSPS) is 32.5. The third-order valence-electron chi connectivity index (χ3n) is 2.56. The number of esters is 1. The predicted molar refractivity (Wildman–Crippen MR) is 58.6 cm³/mol. The summed E-state index contributed by atoms with van der Waals surface area (Å²) in [7, 11) is 0. The first kappa shape index (κ1) is 12.5. The van der Waals surface area contributed by atoms with Crippen LogP contribution in [0.4, 0.5) is 0 Å². The predicted octanol–water partition coefficient (Wildman–Crippen LogP) is 2.68. The van der Waals surface area contributed by atoms with Gasteiger partial charge >= 0.3 is 5.97 Å². The molecule has 1 saturated heterocycles. The fourth-order valence-corrected chi connectivity index (χ4v) is 1.82. The van der Waals surface area contributed by atoms with Gasteiger partial charge in [0.05, 0.1) is 6.10 Å². The van der Waals surface area contributed by atoms with Crippen LogP contribution in [0, 0.1) is 0 Å². The third kappa shape index (κ3) is 3.49. The van der Waals surface area contributed by atoms with E-state index in [2.05, 4.69) is 0 Å². The molecule has 0 radical (unpaired) electrons. The molecule has 1 fully saturated rings. The Hall–Kier alpha value is -0.570. The topological polar surface area (TPSA) is 35.5 Å². The van der Waals surface area contributed by atoms with Crippen LogP contribution in [-0.4, -0.2) is 23.3 Å². The van der Waals surface area contributed by atoms with Gasteiger partial charge in [0, 0.05) is 0 Å². The zero-order valence-corrected chi connectivity index (χ0v) is 10.4. The number of hydrogen-bond donors (Lipinski definition) is 0. The van der Waals surface area contributed by atoms with E-state index in [-0.39, 0.29) is 12.1 Å². The number of rotatable bonds is 1. The second-order valence-electron chi connectivity index (χ2n) is 5.55. The van der Waals surface area contributed by atoms with Crippen LogP contribution in [0.5, 0.6) is 0 Å². The lowest BCUT2D eigenvalue weighted by atomic mass is 9.93. The third-order valence-corrected chi connectivity index (χ3v) is 2.56. The molecule has 1 aliphatic heterocycles. The quantitative estimate of drug-likeness (QED) is 0.629. The van der Waals surface area contributed by atoms with E-state index in [0.29, 0.717) is 0 Å². The molecule has 3 nitrogen and oxygen atoms in total.